The lowest BCUT2D eigenvalue weighted by molar-refractivity contribution is 0.0730. The van der Waals surface area contributed by atoms with E-state index in [4.69, 9.17) is 4.42 Å². The molecule has 0 bridgehead atoms. The summed E-state index contributed by atoms with van der Waals surface area (Å²) in [5, 5.41) is -0.211. The Morgan fingerprint density at radius 1 is 1.10 bits per heavy atom. The third kappa shape index (κ3) is 3.87. The van der Waals surface area contributed by atoms with Gasteiger partial charge in [0.05, 0.1) is 11.5 Å². The summed E-state index contributed by atoms with van der Waals surface area (Å²) in [6.07, 6.45) is 4.74. The van der Waals surface area contributed by atoms with E-state index in [1.165, 1.54) is 11.3 Å². The molecule has 1 atom stereocenters. The van der Waals surface area contributed by atoms with Gasteiger partial charge in [-0.1, -0.05) is 18.2 Å². The maximum atomic E-state index is 13.3. The maximum absolute atomic E-state index is 13.3. The van der Waals surface area contributed by atoms with Crippen LogP contribution < -0.4 is 4.90 Å². The van der Waals surface area contributed by atoms with Crippen LogP contribution in [-0.2, 0) is 23.0 Å². The largest absolute Gasteiger partial charge is 0.459 e. The van der Waals surface area contributed by atoms with Gasteiger partial charge in [-0.3, -0.25) is 4.79 Å². The Balaban J connectivity index is 1.30. The van der Waals surface area contributed by atoms with Crippen LogP contribution >= 0.6 is 0 Å². The number of anilines is 1. The third-order valence-electron chi connectivity index (χ3n) is 6.68. The number of benzene rings is 1. The van der Waals surface area contributed by atoms with Crippen LogP contribution in [0.25, 0.3) is 0 Å². The van der Waals surface area contributed by atoms with Crippen molar-refractivity contribution in [2.75, 3.05) is 31.1 Å². The van der Waals surface area contributed by atoms with Crippen molar-refractivity contribution in [3.8, 4) is 0 Å². The number of carbonyl (C=O) groups excluding carboxylic acids is 1. The Bertz CT molecular complexity index is 1080. The van der Waals surface area contributed by atoms with Crippen molar-refractivity contribution in [3.63, 3.8) is 0 Å². The quantitative estimate of drug-likeness (QED) is 0.710. The topological polar surface area (TPSA) is 74.1 Å². The van der Waals surface area contributed by atoms with Gasteiger partial charge in [-0.2, -0.15) is 4.31 Å². The number of para-hydroxylation sites is 1. The van der Waals surface area contributed by atoms with Crippen LogP contribution in [0.5, 0.6) is 0 Å². The molecule has 31 heavy (non-hydrogen) atoms. The number of furan rings is 1. The molecule has 5 rings (SSSR count). The Morgan fingerprint density at radius 2 is 1.90 bits per heavy atom. The van der Waals surface area contributed by atoms with Crippen molar-refractivity contribution in [1.29, 1.82) is 0 Å². The fourth-order valence-electron chi connectivity index (χ4n) is 4.77. The maximum Gasteiger partial charge on any atom is 0.289 e. The second kappa shape index (κ2) is 7.98. The first-order chi connectivity index (χ1) is 14.9. The zero-order valence-electron chi connectivity index (χ0n) is 17.9. The smallest absolute Gasteiger partial charge is 0.289 e. The van der Waals surface area contributed by atoms with E-state index in [1.807, 2.05) is 12.1 Å². The van der Waals surface area contributed by atoms with Crippen molar-refractivity contribution < 1.29 is 17.6 Å². The van der Waals surface area contributed by atoms with E-state index >= 15 is 0 Å². The van der Waals surface area contributed by atoms with Crippen LogP contribution in [0.2, 0.25) is 0 Å². The number of nitrogens with zero attached hydrogens (tertiary/aromatic N) is 3. The summed E-state index contributed by atoms with van der Waals surface area (Å²) in [6, 6.07) is 10.6. The fourth-order valence-corrected chi connectivity index (χ4v) is 6.65. The molecule has 2 aromatic rings. The van der Waals surface area contributed by atoms with Crippen LogP contribution in [0.4, 0.5) is 5.69 Å². The van der Waals surface area contributed by atoms with Gasteiger partial charge in [0, 0.05) is 50.0 Å². The number of carbonyl (C=O) groups is 1. The van der Waals surface area contributed by atoms with Gasteiger partial charge >= 0.3 is 0 Å². The summed E-state index contributed by atoms with van der Waals surface area (Å²) in [5.41, 5.74) is 3.42. The van der Waals surface area contributed by atoms with Gasteiger partial charge in [0.15, 0.2) is 5.76 Å². The number of hydrogen-bond donors (Lipinski definition) is 0. The van der Waals surface area contributed by atoms with Crippen molar-refractivity contribution in [2.45, 2.75) is 50.4 Å². The molecule has 3 aliphatic rings. The summed E-state index contributed by atoms with van der Waals surface area (Å²) in [4.78, 5) is 17.3. The van der Waals surface area contributed by atoms with Crippen molar-refractivity contribution in [1.82, 2.24) is 9.21 Å². The van der Waals surface area contributed by atoms with Gasteiger partial charge in [0.2, 0.25) is 10.0 Å². The molecule has 2 fully saturated rings. The highest BCUT2D eigenvalue weighted by Crippen LogP contribution is 2.34. The fraction of sp³-hybridized carbons (Fsp3) is 0.522. The summed E-state index contributed by atoms with van der Waals surface area (Å²) < 4.78 is 32.4. The molecule has 7 nitrogen and oxygen atoms in total. The minimum Gasteiger partial charge on any atom is -0.459 e. The molecule has 0 spiro atoms. The predicted molar refractivity (Wildman–Crippen MR) is 119 cm³/mol. The van der Waals surface area contributed by atoms with Crippen LogP contribution in [0.3, 0.4) is 0 Å². The zero-order chi connectivity index (χ0) is 21.6. The lowest BCUT2D eigenvalue weighted by Crippen LogP contribution is -2.39. The number of hydrogen-bond acceptors (Lipinski definition) is 5. The lowest BCUT2D eigenvalue weighted by atomic mass is 10.1. The van der Waals surface area contributed by atoms with Crippen LogP contribution in [0.1, 0.15) is 47.9 Å². The first kappa shape index (κ1) is 20.6. The van der Waals surface area contributed by atoms with Gasteiger partial charge in [0.1, 0.15) is 0 Å². The molecular formula is C23H29N3O4S. The molecule has 1 saturated heterocycles. The molecule has 0 radical (unpaired) electrons. The van der Waals surface area contributed by atoms with Crippen molar-refractivity contribution in [2.24, 2.45) is 0 Å². The molecule has 0 N–H and O–H groups in total. The number of amides is 1. The van der Waals surface area contributed by atoms with E-state index < -0.39 is 10.0 Å². The van der Waals surface area contributed by atoms with E-state index in [1.54, 1.807) is 15.5 Å². The van der Waals surface area contributed by atoms with E-state index in [0.29, 0.717) is 50.9 Å². The standard InChI is InChI=1S/C23H29N3O4S/c1-17-15-18-5-2-3-6-21(18)26(17)16-19-9-14-30-22(19)23(27)24-10-4-11-25(13-12-24)31(28,29)20-7-8-20/h2-3,5-6,9,14,17,20H,4,7-8,10-13,15-16H2,1H3. The number of rotatable bonds is 5. The first-order valence-electron chi connectivity index (χ1n) is 11.1. The summed E-state index contributed by atoms with van der Waals surface area (Å²) in [7, 11) is -3.21. The monoisotopic (exact) mass is 443 g/mol. The predicted octanol–water partition coefficient (Wildman–Crippen LogP) is 2.87. The molecule has 2 aliphatic heterocycles. The number of fused-ring (bicyclic) bond motifs is 1. The van der Waals surface area contributed by atoms with Crippen molar-refractivity contribution in [3.05, 3.63) is 53.5 Å². The minimum absolute atomic E-state index is 0.147. The molecule has 1 amide bonds. The second-order valence-electron chi connectivity index (χ2n) is 8.87. The average molecular weight is 444 g/mol. The summed E-state index contributed by atoms with van der Waals surface area (Å²) in [6.45, 7) is 4.59. The normalized spacial score (nSPS) is 22.4. The zero-order valence-corrected chi connectivity index (χ0v) is 18.7. The molecule has 3 heterocycles. The average Bonchev–Trinajstić information content (AvgIpc) is 3.50. The second-order valence-corrected chi connectivity index (χ2v) is 11.1. The van der Waals surface area contributed by atoms with Crippen molar-refractivity contribution >= 4 is 21.6 Å². The minimum atomic E-state index is -3.21. The Labute approximate surface area is 183 Å². The van der Waals surface area contributed by atoms with Gasteiger partial charge in [-0.05, 0) is 50.3 Å². The highest BCUT2D eigenvalue weighted by Gasteiger charge is 2.41. The van der Waals surface area contributed by atoms with Crippen LogP contribution in [0, 0.1) is 0 Å². The molecule has 1 aromatic carbocycles. The summed E-state index contributed by atoms with van der Waals surface area (Å²) in [5.74, 6) is 0.223. The van der Waals surface area contributed by atoms with Gasteiger partial charge in [0.25, 0.3) is 5.91 Å². The molecular weight excluding hydrogens is 414 g/mol. The van der Waals surface area contributed by atoms with Gasteiger partial charge in [-0.15, -0.1) is 0 Å². The van der Waals surface area contributed by atoms with E-state index in [0.717, 1.165) is 24.8 Å². The Kier molecular flexibility index (Phi) is 5.30. The SMILES string of the molecule is CC1Cc2ccccc2N1Cc1ccoc1C(=O)N1CCCN(S(=O)(=O)C2CC2)CC1. The summed E-state index contributed by atoms with van der Waals surface area (Å²) >= 11 is 0. The highest BCUT2D eigenvalue weighted by atomic mass is 32.2. The van der Waals surface area contributed by atoms with E-state index in [9.17, 15) is 13.2 Å². The Hall–Kier alpha value is -2.32. The van der Waals surface area contributed by atoms with Crippen LogP contribution in [0.15, 0.2) is 41.0 Å². The van der Waals surface area contributed by atoms with Gasteiger partial charge < -0.3 is 14.2 Å². The molecule has 1 aromatic heterocycles. The first-order valence-corrected chi connectivity index (χ1v) is 12.6. The third-order valence-corrected chi connectivity index (χ3v) is 9.08. The lowest BCUT2D eigenvalue weighted by Gasteiger charge is -2.25. The molecule has 166 valence electrons. The molecule has 1 saturated carbocycles. The highest BCUT2D eigenvalue weighted by molar-refractivity contribution is 7.90. The van der Waals surface area contributed by atoms with Crippen LogP contribution in [-0.4, -0.2) is 61.0 Å². The molecule has 1 aliphatic carbocycles. The molecule has 8 heteroatoms. The van der Waals surface area contributed by atoms with E-state index in [2.05, 4.69) is 30.0 Å². The number of sulfonamides is 1. The van der Waals surface area contributed by atoms with E-state index in [-0.39, 0.29) is 11.2 Å². The molecule has 1 unspecified atom stereocenters. The van der Waals surface area contributed by atoms with Gasteiger partial charge in [-0.25, -0.2) is 8.42 Å². The Morgan fingerprint density at radius 3 is 2.71 bits per heavy atom.